The molecule has 0 fully saturated rings. The van der Waals surface area contributed by atoms with E-state index in [-0.39, 0.29) is 60.3 Å². The number of pyridine rings is 6. The van der Waals surface area contributed by atoms with Crippen molar-refractivity contribution >= 4 is 39.8 Å². The monoisotopic (exact) mass is 1990 g/mol. The molecule has 0 spiro atoms. The zero-order chi connectivity index (χ0) is 74.0. The smallest absolute Gasteiger partial charge is 0.0795 e. The first kappa shape index (κ1) is 85.7. The number of nitrogens with zero attached hydrogens (tertiary/aromatic N) is 6. The molecule has 0 N–H and O–H groups in total. The predicted octanol–water partition coefficient (Wildman–Crippen LogP) is 22.8. The van der Waals surface area contributed by atoms with Crippen LogP contribution in [-0.4, -0.2) is 54.1 Å². The van der Waals surface area contributed by atoms with Gasteiger partial charge in [0.25, 0.3) is 0 Å². The topological polar surface area (TPSA) is 77.3 Å². The van der Waals surface area contributed by atoms with E-state index in [1.807, 2.05) is 165 Å². The van der Waals surface area contributed by atoms with Gasteiger partial charge in [0.2, 0.25) is 0 Å². The largest absolute Gasteiger partial charge is 0.305 e. The van der Waals surface area contributed by atoms with Gasteiger partial charge in [-0.25, -0.2) is 0 Å². The Hall–Kier alpha value is -9.52. The van der Waals surface area contributed by atoms with E-state index in [9.17, 15) is 0 Å². The Kier molecular flexibility index (Phi) is 33.6. The molecule has 6 heterocycles. The summed E-state index contributed by atoms with van der Waals surface area (Å²) in [6, 6.07) is 118. The number of benzene rings is 9. The van der Waals surface area contributed by atoms with Gasteiger partial charge in [-0.15, -0.1) is 197 Å². The van der Waals surface area contributed by atoms with Gasteiger partial charge >= 0.3 is 0 Å². The van der Waals surface area contributed by atoms with Crippen LogP contribution in [0.25, 0.3) is 101 Å². The number of hydrogen-bond donors (Lipinski definition) is 0. The maximum absolute atomic E-state index is 4.62. The first-order valence-electron chi connectivity index (χ1n) is 35.5. The van der Waals surface area contributed by atoms with Crippen molar-refractivity contribution in [3.05, 3.63) is 381 Å². The maximum Gasteiger partial charge on any atom is 0.0795 e. The molecule has 15 rings (SSSR count). The van der Waals surface area contributed by atoms with E-state index in [1.165, 1.54) is 65.6 Å². The average molecular weight is 1990 g/mol. The molecule has 15 aromatic rings. The molecule has 0 amide bonds. The summed E-state index contributed by atoms with van der Waals surface area (Å²) in [6.45, 7) is 27.3. The fourth-order valence-electron chi connectivity index (χ4n) is 11.1. The van der Waals surface area contributed by atoms with Gasteiger partial charge in [0.05, 0.1) is 24.2 Å². The fraction of sp³-hybridized carbons (Fsp3) is 0.125. The summed E-state index contributed by atoms with van der Waals surface area (Å²) < 4.78 is 0. The molecule has 0 unspecified atom stereocenters. The van der Waals surface area contributed by atoms with Crippen molar-refractivity contribution < 1.29 is 60.3 Å². The van der Waals surface area contributed by atoms with E-state index in [1.54, 1.807) is 0 Å². The van der Waals surface area contributed by atoms with E-state index in [2.05, 4.69) is 310 Å². The molecule has 6 aromatic heterocycles. The Morgan fingerprint density at radius 3 is 0.806 bits per heavy atom. The Bertz CT molecular complexity index is 4760. The second kappa shape index (κ2) is 42.3. The minimum atomic E-state index is -1.32. The summed E-state index contributed by atoms with van der Waals surface area (Å²) in [5, 5.41) is 4.20. The molecule has 12 heteroatoms. The Morgan fingerprint density at radius 2 is 0.546 bits per heavy atom. The van der Waals surface area contributed by atoms with Crippen molar-refractivity contribution in [1.29, 1.82) is 0 Å². The molecular formula is C96H90Ir3N6Si3-6. The first-order chi connectivity index (χ1) is 50.7. The normalized spacial score (nSPS) is 10.6. The molecule has 0 aliphatic rings. The molecule has 3 radical (unpaired) electrons. The fourth-order valence-corrected chi connectivity index (χ4v) is 14.4. The van der Waals surface area contributed by atoms with Gasteiger partial charge in [0, 0.05) is 97.5 Å². The third-order valence-corrected chi connectivity index (χ3v) is 23.5. The minimum absolute atomic E-state index is 0. The van der Waals surface area contributed by atoms with Crippen LogP contribution in [0.5, 0.6) is 0 Å². The van der Waals surface area contributed by atoms with Crippen molar-refractivity contribution in [2.45, 2.75) is 79.7 Å². The molecule has 0 atom stereocenters. The van der Waals surface area contributed by atoms with Gasteiger partial charge in [-0.2, -0.15) is 0 Å². The molecule has 0 aliphatic carbocycles. The molecule has 9 aromatic carbocycles. The maximum atomic E-state index is 4.62. The number of aromatic nitrogens is 6. The van der Waals surface area contributed by atoms with Crippen LogP contribution < -0.4 is 15.6 Å². The van der Waals surface area contributed by atoms with Gasteiger partial charge in [-0.3, -0.25) is 0 Å². The van der Waals surface area contributed by atoms with Gasteiger partial charge in [0.15, 0.2) is 0 Å². The predicted molar refractivity (Wildman–Crippen MR) is 451 cm³/mol. The van der Waals surface area contributed by atoms with Gasteiger partial charge in [-0.1, -0.05) is 254 Å². The molecule has 549 valence electrons. The molecule has 6 nitrogen and oxygen atoms in total. The SMILES string of the molecule is C[Si](C)(C)c1ccc(-c2[c-]cc(-c3ccccc3)cc2)nc1.C[Si](C)(C)c1ccc(-c2[c-]cc(-c3ccccc3)cc2)nc1.C[Si](C)(C)c1ccnc(-c2[c-]cc(-c3ccccc3)cc2)c1.Cc1cccnc1-c1[c-]cccc1.Cc1cccnc1-c1[c-]cccc1.Cc1cccnc1-c1[c-]cccc1.[Ir].[Ir].[Ir]. The summed E-state index contributed by atoms with van der Waals surface area (Å²) in [5.41, 5.74) is 23.1. The Labute approximate surface area is 686 Å². The van der Waals surface area contributed by atoms with Crippen LogP contribution in [0.2, 0.25) is 58.9 Å². The number of rotatable bonds is 12. The summed E-state index contributed by atoms with van der Waals surface area (Å²) in [7, 11) is -3.88. The van der Waals surface area contributed by atoms with E-state index >= 15 is 0 Å². The van der Waals surface area contributed by atoms with Crippen LogP contribution in [-0.2, 0) is 60.3 Å². The van der Waals surface area contributed by atoms with Crippen LogP contribution in [0.4, 0.5) is 0 Å². The third kappa shape index (κ3) is 25.6. The molecule has 0 bridgehead atoms. The van der Waals surface area contributed by atoms with E-state index in [4.69, 9.17) is 0 Å². The third-order valence-electron chi connectivity index (χ3n) is 17.4. The van der Waals surface area contributed by atoms with Crippen molar-refractivity contribution in [3.63, 3.8) is 0 Å². The van der Waals surface area contributed by atoms with Crippen LogP contribution in [0.15, 0.2) is 328 Å². The Balaban J connectivity index is 0.000000182. The number of aryl methyl sites for hydroxylation is 3. The summed E-state index contributed by atoms with van der Waals surface area (Å²) in [5.74, 6) is 0. The second-order valence-electron chi connectivity index (χ2n) is 28.5. The van der Waals surface area contributed by atoms with E-state index in [0.717, 1.165) is 67.5 Å². The minimum Gasteiger partial charge on any atom is -0.305 e. The van der Waals surface area contributed by atoms with Gasteiger partial charge in [-0.05, 0) is 89.6 Å². The molecule has 108 heavy (non-hydrogen) atoms. The molecule has 0 saturated heterocycles. The molecular weight excluding hydrogens is 1900 g/mol. The number of hydrogen-bond acceptors (Lipinski definition) is 6. The molecule has 0 aliphatic heterocycles. The molecule has 0 saturated carbocycles. The average Bonchev–Trinajstić information content (AvgIpc) is 0.826. The summed E-state index contributed by atoms with van der Waals surface area (Å²) in [4.78, 5) is 26.7. The van der Waals surface area contributed by atoms with Gasteiger partial charge < -0.3 is 29.9 Å². The van der Waals surface area contributed by atoms with Crippen LogP contribution in [0.3, 0.4) is 0 Å². The van der Waals surface area contributed by atoms with Crippen molar-refractivity contribution in [2.75, 3.05) is 0 Å². The van der Waals surface area contributed by atoms with Gasteiger partial charge in [0.1, 0.15) is 0 Å². The Morgan fingerprint density at radius 1 is 0.231 bits per heavy atom. The summed E-state index contributed by atoms with van der Waals surface area (Å²) in [6.07, 6.45) is 11.4. The van der Waals surface area contributed by atoms with E-state index < -0.39 is 24.2 Å². The standard InChI is InChI=1S/3C20H20NSi.3C12H10N.3Ir/c1-22(2,3)19-13-14-21-20(15-19)18-11-9-17(10-12-18)16-7-5-4-6-8-16;2*1-22(2,3)19-13-14-20(21-15-19)18-11-9-17(10-12-18)16-7-5-4-6-8-16;3*1-10-6-5-9-13-12(10)11-7-3-2-4-8-11;;;/h3*4-11,13-15H,1-3H3;3*2-7,9H,1H3;;;/q6*-1;;;. The summed E-state index contributed by atoms with van der Waals surface area (Å²) >= 11 is 0. The van der Waals surface area contributed by atoms with Crippen molar-refractivity contribution in [2.24, 2.45) is 0 Å². The van der Waals surface area contributed by atoms with Crippen LogP contribution in [0.1, 0.15) is 16.7 Å². The first-order valence-corrected chi connectivity index (χ1v) is 46.0. The van der Waals surface area contributed by atoms with Crippen LogP contribution >= 0.6 is 0 Å². The van der Waals surface area contributed by atoms with Crippen LogP contribution in [0, 0.1) is 57.2 Å². The van der Waals surface area contributed by atoms with E-state index in [0.29, 0.717) is 0 Å². The zero-order valence-electron chi connectivity index (χ0n) is 63.4. The zero-order valence-corrected chi connectivity index (χ0v) is 73.5. The van der Waals surface area contributed by atoms with Crippen molar-refractivity contribution in [1.82, 2.24) is 29.9 Å². The second-order valence-corrected chi connectivity index (χ2v) is 43.7. The quantitative estimate of drug-likeness (QED) is 0.0896. The van der Waals surface area contributed by atoms with Crippen molar-refractivity contribution in [3.8, 4) is 101 Å².